The summed E-state index contributed by atoms with van der Waals surface area (Å²) in [6.45, 7) is 4.96. The summed E-state index contributed by atoms with van der Waals surface area (Å²) in [5, 5.41) is 9.83. The number of benzene rings is 1. The van der Waals surface area contributed by atoms with Gasteiger partial charge in [0, 0.05) is 17.2 Å². The third-order valence-corrected chi connectivity index (χ3v) is 2.89. The fourth-order valence-corrected chi connectivity index (χ4v) is 1.73. The lowest BCUT2D eigenvalue weighted by Gasteiger charge is -2.01. The summed E-state index contributed by atoms with van der Waals surface area (Å²) in [7, 11) is 0. The molecule has 0 radical (unpaired) electrons. The molecule has 0 spiro atoms. The zero-order valence-electron chi connectivity index (χ0n) is 12.4. The topological polar surface area (TPSA) is 85.2 Å². The molecule has 3 rings (SSSR count). The second-order valence-electron chi connectivity index (χ2n) is 4.24. The SMILES string of the molecule is CC(=O)C1=CN=NC1=O.CCOC(C)=O.Clc1cc2ccc1=2. The molecule has 7 heteroatoms. The normalized spacial score (nSPS) is 12.4. The Morgan fingerprint density at radius 3 is 2.05 bits per heavy atom. The van der Waals surface area contributed by atoms with Crippen LogP contribution in [0.15, 0.2) is 40.2 Å². The zero-order valence-corrected chi connectivity index (χ0v) is 13.2. The van der Waals surface area contributed by atoms with Crippen LogP contribution < -0.4 is 0 Å². The van der Waals surface area contributed by atoms with Gasteiger partial charge in [-0.1, -0.05) is 23.7 Å². The highest BCUT2D eigenvalue weighted by Gasteiger charge is 2.16. The van der Waals surface area contributed by atoms with Gasteiger partial charge < -0.3 is 4.74 Å². The van der Waals surface area contributed by atoms with Crippen molar-refractivity contribution in [2.75, 3.05) is 6.61 Å². The molecule has 1 aliphatic heterocycles. The van der Waals surface area contributed by atoms with E-state index in [2.05, 4.69) is 21.0 Å². The predicted molar refractivity (Wildman–Crippen MR) is 80.1 cm³/mol. The maximum Gasteiger partial charge on any atom is 0.302 e. The molecule has 0 fully saturated rings. The molecule has 0 unspecified atom stereocenters. The Kier molecular flexibility index (Phi) is 6.59. The predicted octanol–water partition coefficient (Wildman–Crippen LogP) is 2.96. The standard InChI is InChI=1S/C6H3Cl.C5H4N2O2.C4H8O2/c7-6-3-4-1-2-5(4)6;1-3(8)4-2-6-7-5(4)9;1-3-6-4(2)5/h1-3H;2H,1H3;3H2,1-2H3. The van der Waals surface area contributed by atoms with Crippen molar-refractivity contribution in [1.29, 1.82) is 0 Å². The molecular weight excluding hydrogens is 308 g/mol. The number of carbonyl (C=O) groups is 3. The molecule has 0 saturated heterocycles. The fraction of sp³-hybridized carbons (Fsp3) is 0.267. The molecule has 0 N–H and O–H groups in total. The van der Waals surface area contributed by atoms with E-state index in [9.17, 15) is 14.4 Å². The van der Waals surface area contributed by atoms with Crippen LogP contribution in [0.25, 0.3) is 0 Å². The number of amides is 1. The molecule has 0 atom stereocenters. The van der Waals surface area contributed by atoms with E-state index in [0.29, 0.717) is 6.61 Å². The maximum atomic E-state index is 10.5. The van der Waals surface area contributed by atoms with Gasteiger partial charge in [-0.2, -0.15) is 5.11 Å². The Morgan fingerprint density at radius 1 is 1.27 bits per heavy atom. The monoisotopic (exact) mass is 322 g/mol. The van der Waals surface area contributed by atoms with Crippen molar-refractivity contribution in [2.24, 2.45) is 10.2 Å². The van der Waals surface area contributed by atoms with Crippen LogP contribution in [0.2, 0.25) is 5.02 Å². The van der Waals surface area contributed by atoms with Gasteiger partial charge in [-0.05, 0) is 25.1 Å². The first-order chi connectivity index (χ1) is 10.4. The van der Waals surface area contributed by atoms with Crippen molar-refractivity contribution in [2.45, 2.75) is 20.8 Å². The summed E-state index contributed by atoms with van der Waals surface area (Å²) >= 11 is 5.60. The number of azo groups is 1. The van der Waals surface area contributed by atoms with Crippen molar-refractivity contribution in [3.05, 3.63) is 45.4 Å². The number of halogens is 1. The summed E-state index contributed by atoms with van der Waals surface area (Å²) in [6.07, 6.45) is 1.17. The summed E-state index contributed by atoms with van der Waals surface area (Å²) in [5.41, 5.74) is 0.0648. The van der Waals surface area contributed by atoms with Crippen LogP contribution in [0.4, 0.5) is 0 Å². The number of rotatable bonds is 2. The van der Waals surface area contributed by atoms with Crippen LogP contribution in [0, 0.1) is 10.4 Å². The number of ether oxygens (including phenoxy) is 1. The lowest BCUT2D eigenvalue weighted by Crippen LogP contribution is -2.03. The zero-order chi connectivity index (χ0) is 16.7. The van der Waals surface area contributed by atoms with Gasteiger partial charge in [0.25, 0.3) is 0 Å². The summed E-state index contributed by atoms with van der Waals surface area (Å²) in [4.78, 5) is 30.7. The molecular formula is C15H15ClN2O4. The fourth-order valence-electron chi connectivity index (χ4n) is 1.44. The number of esters is 1. The Balaban J connectivity index is 0.000000169. The third-order valence-electron chi connectivity index (χ3n) is 2.57. The van der Waals surface area contributed by atoms with E-state index in [-0.39, 0.29) is 17.3 Å². The van der Waals surface area contributed by atoms with E-state index in [1.807, 2.05) is 12.1 Å². The largest absolute Gasteiger partial charge is 0.466 e. The smallest absolute Gasteiger partial charge is 0.302 e. The van der Waals surface area contributed by atoms with Gasteiger partial charge >= 0.3 is 11.9 Å². The van der Waals surface area contributed by atoms with E-state index < -0.39 is 5.91 Å². The van der Waals surface area contributed by atoms with Gasteiger partial charge in [0.2, 0.25) is 0 Å². The van der Waals surface area contributed by atoms with Crippen molar-refractivity contribution < 1.29 is 19.1 Å². The highest BCUT2D eigenvalue weighted by molar-refractivity contribution is 6.31. The van der Waals surface area contributed by atoms with E-state index in [0.717, 1.165) is 5.02 Å². The minimum atomic E-state index is -0.539. The molecule has 22 heavy (non-hydrogen) atoms. The first-order valence-corrected chi connectivity index (χ1v) is 6.84. The van der Waals surface area contributed by atoms with Crippen LogP contribution in [0.3, 0.4) is 0 Å². The minimum Gasteiger partial charge on any atom is -0.466 e. The Bertz CT molecular complexity index is 753. The Morgan fingerprint density at radius 2 is 1.95 bits per heavy atom. The molecule has 0 saturated carbocycles. The first kappa shape index (κ1) is 17.7. The Labute approximate surface area is 132 Å². The average Bonchev–Trinajstić information content (AvgIpc) is 2.83. The molecule has 6 nitrogen and oxygen atoms in total. The van der Waals surface area contributed by atoms with Crippen LogP contribution in [0.5, 0.6) is 0 Å². The number of ketones is 1. The van der Waals surface area contributed by atoms with Crippen LogP contribution in [-0.4, -0.2) is 24.3 Å². The quantitative estimate of drug-likeness (QED) is 0.628. The molecule has 0 aromatic rings. The molecule has 0 aromatic carbocycles. The summed E-state index contributed by atoms with van der Waals surface area (Å²) in [5.74, 6) is -1.04. The third kappa shape index (κ3) is 4.89. The van der Waals surface area contributed by atoms with Crippen molar-refractivity contribution in [3.63, 3.8) is 0 Å². The molecule has 1 heterocycles. The molecule has 116 valence electrons. The van der Waals surface area contributed by atoms with Crippen LogP contribution in [-0.2, 0) is 19.1 Å². The molecule has 2 aliphatic carbocycles. The van der Waals surface area contributed by atoms with E-state index in [1.165, 1.54) is 30.5 Å². The van der Waals surface area contributed by atoms with E-state index >= 15 is 0 Å². The second-order valence-corrected chi connectivity index (χ2v) is 4.65. The van der Waals surface area contributed by atoms with Gasteiger partial charge in [-0.3, -0.25) is 14.4 Å². The Hall–Kier alpha value is -2.34. The molecule has 0 aromatic heterocycles. The highest BCUT2D eigenvalue weighted by Crippen LogP contribution is 2.20. The van der Waals surface area contributed by atoms with Crippen molar-refractivity contribution >= 4 is 29.3 Å². The second kappa shape index (κ2) is 8.19. The maximum absolute atomic E-state index is 10.5. The lowest BCUT2D eigenvalue weighted by atomic mass is 10.1. The van der Waals surface area contributed by atoms with E-state index in [1.54, 1.807) is 6.92 Å². The highest BCUT2D eigenvalue weighted by atomic mass is 35.5. The number of carbonyl (C=O) groups excluding carboxylic acids is 3. The first-order valence-electron chi connectivity index (χ1n) is 6.46. The summed E-state index contributed by atoms with van der Waals surface area (Å²) in [6, 6.07) is 6.05. The van der Waals surface area contributed by atoms with Gasteiger partial charge in [0.15, 0.2) is 5.78 Å². The number of hydrogen-bond donors (Lipinski definition) is 0. The van der Waals surface area contributed by atoms with Crippen molar-refractivity contribution in [1.82, 2.24) is 0 Å². The lowest BCUT2D eigenvalue weighted by molar-refractivity contribution is -0.140. The summed E-state index contributed by atoms with van der Waals surface area (Å²) < 4.78 is 4.40. The number of hydrogen-bond acceptors (Lipinski definition) is 5. The van der Waals surface area contributed by atoms with Gasteiger partial charge in [-0.25, -0.2) is 0 Å². The molecule has 3 aliphatic rings. The minimum absolute atomic E-state index is 0.0648. The van der Waals surface area contributed by atoms with Gasteiger partial charge in [-0.15, -0.1) is 5.11 Å². The average molecular weight is 323 g/mol. The number of nitrogens with zero attached hydrogens (tertiary/aromatic N) is 2. The molecule has 0 bridgehead atoms. The molecule has 1 amide bonds. The van der Waals surface area contributed by atoms with Gasteiger partial charge in [0.1, 0.15) is 5.57 Å². The number of Topliss-reactive ketones (excluding diaryl/α,β-unsaturated/α-hetero) is 1. The van der Waals surface area contributed by atoms with Crippen LogP contribution in [0.1, 0.15) is 20.8 Å². The van der Waals surface area contributed by atoms with Crippen molar-refractivity contribution in [3.8, 4) is 0 Å². The van der Waals surface area contributed by atoms with Crippen LogP contribution >= 0.6 is 11.6 Å². The van der Waals surface area contributed by atoms with E-state index in [4.69, 9.17) is 11.6 Å². The van der Waals surface area contributed by atoms with Gasteiger partial charge in [0.05, 0.1) is 12.8 Å².